The number of benzene rings is 2. The molecule has 1 saturated heterocycles. The molecule has 5 nitrogen and oxygen atoms in total. The highest BCUT2D eigenvalue weighted by atomic mass is 19.1. The summed E-state index contributed by atoms with van der Waals surface area (Å²) in [5.41, 5.74) is 1.39. The zero-order chi connectivity index (χ0) is 18.5. The summed E-state index contributed by atoms with van der Waals surface area (Å²) in [6.07, 6.45) is 0.142. The van der Waals surface area contributed by atoms with Gasteiger partial charge in [0.05, 0.1) is 6.04 Å². The summed E-state index contributed by atoms with van der Waals surface area (Å²) < 4.78 is 31.0. The lowest BCUT2D eigenvalue weighted by atomic mass is 10.2. The minimum atomic E-state index is -1.10. The highest BCUT2D eigenvalue weighted by molar-refractivity contribution is 5.96. The van der Waals surface area contributed by atoms with E-state index in [0.29, 0.717) is 18.0 Å². The molecule has 26 heavy (non-hydrogen) atoms. The molecule has 1 aliphatic heterocycles. The molecule has 1 aliphatic rings. The minimum absolute atomic E-state index is 0.136. The lowest BCUT2D eigenvalue weighted by Gasteiger charge is -2.17. The predicted molar refractivity (Wildman–Crippen MR) is 92.0 cm³/mol. The number of hydrogen-bond donors (Lipinski definition) is 1. The van der Waals surface area contributed by atoms with Crippen molar-refractivity contribution < 1.29 is 23.1 Å². The standard InChI is InChI=1S/C19H18F2N2O3/c20-10-18(24)22-15-9-19(25)23(11-15)16-4-6-17(7-5-16)26-12-13-2-1-3-14(21)8-13/h1-8,15H,9-12H2,(H,22,24)/t15-/m0/s1. The van der Waals surface area contributed by atoms with Gasteiger partial charge in [-0.15, -0.1) is 0 Å². The fourth-order valence-corrected chi connectivity index (χ4v) is 2.84. The molecule has 7 heteroatoms. The smallest absolute Gasteiger partial charge is 0.251 e. The van der Waals surface area contributed by atoms with E-state index in [0.717, 1.165) is 5.56 Å². The van der Waals surface area contributed by atoms with E-state index in [9.17, 15) is 18.4 Å². The number of nitrogens with zero attached hydrogens (tertiary/aromatic N) is 1. The number of hydrogen-bond acceptors (Lipinski definition) is 3. The molecule has 3 rings (SSSR count). The van der Waals surface area contributed by atoms with Crippen molar-refractivity contribution in [3.8, 4) is 5.75 Å². The molecule has 1 atom stereocenters. The third-order valence-corrected chi connectivity index (χ3v) is 4.05. The SMILES string of the molecule is O=C(CF)N[C@H]1CC(=O)N(c2ccc(OCc3cccc(F)c3)cc2)C1. The number of anilines is 1. The molecule has 0 aliphatic carbocycles. The third-order valence-electron chi connectivity index (χ3n) is 4.05. The van der Waals surface area contributed by atoms with E-state index in [4.69, 9.17) is 4.74 Å². The molecule has 0 unspecified atom stereocenters. The van der Waals surface area contributed by atoms with Crippen LogP contribution in [0, 0.1) is 5.82 Å². The number of nitrogens with one attached hydrogen (secondary N) is 1. The molecular weight excluding hydrogens is 342 g/mol. The van der Waals surface area contributed by atoms with Crippen LogP contribution in [0.4, 0.5) is 14.5 Å². The van der Waals surface area contributed by atoms with Crippen LogP contribution in [0.1, 0.15) is 12.0 Å². The average molecular weight is 360 g/mol. The van der Waals surface area contributed by atoms with E-state index in [1.165, 1.54) is 12.1 Å². The Bertz CT molecular complexity index is 796. The molecule has 2 aromatic rings. The molecule has 1 fully saturated rings. The molecule has 0 radical (unpaired) electrons. The summed E-state index contributed by atoms with van der Waals surface area (Å²) in [4.78, 5) is 24.8. The van der Waals surface area contributed by atoms with E-state index in [1.807, 2.05) is 0 Å². The van der Waals surface area contributed by atoms with Crippen LogP contribution in [0.5, 0.6) is 5.75 Å². The zero-order valence-electron chi connectivity index (χ0n) is 14.0. The van der Waals surface area contributed by atoms with E-state index < -0.39 is 18.6 Å². The van der Waals surface area contributed by atoms with Crippen LogP contribution in [-0.2, 0) is 16.2 Å². The number of ether oxygens (including phenoxy) is 1. The number of amides is 2. The van der Waals surface area contributed by atoms with Gasteiger partial charge in [0.15, 0.2) is 6.67 Å². The molecular formula is C19H18F2N2O3. The van der Waals surface area contributed by atoms with Gasteiger partial charge in [-0.3, -0.25) is 9.59 Å². The largest absolute Gasteiger partial charge is 0.489 e. The van der Waals surface area contributed by atoms with Gasteiger partial charge >= 0.3 is 0 Å². The molecule has 1 N–H and O–H groups in total. The first-order chi connectivity index (χ1) is 12.5. The van der Waals surface area contributed by atoms with Crippen molar-refractivity contribution in [2.75, 3.05) is 18.1 Å². The van der Waals surface area contributed by atoms with E-state index in [2.05, 4.69) is 5.32 Å². The van der Waals surface area contributed by atoms with Gasteiger partial charge in [0.1, 0.15) is 18.2 Å². The molecule has 0 spiro atoms. The quantitative estimate of drug-likeness (QED) is 0.862. The molecule has 1 heterocycles. The van der Waals surface area contributed by atoms with E-state index >= 15 is 0 Å². The van der Waals surface area contributed by atoms with Gasteiger partial charge in [-0.1, -0.05) is 12.1 Å². The maximum Gasteiger partial charge on any atom is 0.251 e. The number of carbonyl (C=O) groups excluding carboxylic acids is 2. The van der Waals surface area contributed by atoms with Crippen molar-refractivity contribution in [1.29, 1.82) is 0 Å². The number of alkyl halides is 1. The van der Waals surface area contributed by atoms with Crippen molar-refractivity contribution in [2.45, 2.75) is 19.1 Å². The van der Waals surface area contributed by atoms with Gasteiger partial charge in [-0.25, -0.2) is 8.78 Å². The monoisotopic (exact) mass is 360 g/mol. The first-order valence-electron chi connectivity index (χ1n) is 8.18. The Balaban J connectivity index is 1.59. The van der Waals surface area contributed by atoms with Crippen LogP contribution in [0.3, 0.4) is 0 Å². The number of halogens is 2. The molecule has 0 bridgehead atoms. The minimum Gasteiger partial charge on any atom is -0.489 e. The Morgan fingerprint density at radius 3 is 2.69 bits per heavy atom. The van der Waals surface area contributed by atoms with Crippen molar-refractivity contribution in [3.63, 3.8) is 0 Å². The molecule has 0 aromatic heterocycles. The fraction of sp³-hybridized carbons (Fsp3) is 0.263. The molecule has 2 aromatic carbocycles. The lowest BCUT2D eigenvalue weighted by Crippen LogP contribution is -2.37. The van der Waals surface area contributed by atoms with Crippen LogP contribution in [0.25, 0.3) is 0 Å². The van der Waals surface area contributed by atoms with Gasteiger partial charge in [0.25, 0.3) is 5.91 Å². The van der Waals surface area contributed by atoms with E-state index in [-0.39, 0.29) is 24.8 Å². The Kier molecular flexibility index (Phi) is 5.46. The summed E-state index contributed by atoms with van der Waals surface area (Å²) in [6.45, 7) is -0.562. The molecule has 0 saturated carbocycles. The Labute approximate surface area is 149 Å². The summed E-state index contributed by atoms with van der Waals surface area (Å²) >= 11 is 0. The van der Waals surface area contributed by atoms with Crippen molar-refractivity contribution >= 4 is 17.5 Å². The average Bonchev–Trinajstić information content (AvgIpc) is 3.00. The Morgan fingerprint density at radius 1 is 1.23 bits per heavy atom. The van der Waals surface area contributed by atoms with Crippen LogP contribution >= 0.6 is 0 Å². The number of carbonyl (C=O) groups is 2. The van der Waals surface area contributed by atoms with Crippen LogP contribution in [0.2, 0.25) is 0 Å². The third kappa shape index (κ3) is 4.36. The number of rotatable bonds is 6. The first kappa shape index (κ1) is 17.8. The summed E-state index contributed by atoms with van der Waals surface area (Å²) in [7, 11) is 0. The van der Waals surface area contributed by atoms with Gasteiger partial charge < -0.3 is 15.0 Å². The second-order valence-corrected chi connectivity index (χ2v) is 6.02. The fourth-order valence-electron chi connectivity index (χ4n) is 2.84. The van der Waals surface area contributed by atoms with E-state index in [1.54, 1.807) is 41.3 Å². The molecule has 136 valence electrons. The summed E-state index contributed by atoms with van der Waals surface area (Å²) in [5, 5.41) is 2.48. The highest BCUT2D eigenvalue weighted by Gasteiger charge is 2.31. The summed E-state index contributed by atoms with van der Waals surface area (Å²) in [5.74, 6) is -0.580. The summed E-state index contributed by atoms with van der Waals surface area (Å²) in [6, 6.07) is 12.7. The van der Waals surface area contributed by atoms with Crippen LogP contribution in [0.15, 0.2) is 48.5 Å². The van der Waals surface area contributed by atoms with Crippen molar-refractivity contribution in [3.05, 3.63) is 59.9 Å². The molecule has 2 amide bonds. The Hall–Kier alpha value is -2.96. The van der Waals surface area contributed by atoms with Gasteiger partial charge in [0.2, 0.25) is 5.91 Å². The highest BCUT2D eigenvalue weighted by Crippen LogP contribution is 2.24. The van der Waals surface area contributed by atoms with Gasteiger partial charge in [0, 0.05) is 18.7 Å². The maximum absolute atomic E-state index is 13.1. The lowest BCUT2D eigenvalue weighted by molar-refractivity contribution is -0.122. The predicted octanol–water partition coefficient (Wildman–Crippen LogP) is 2.60. The second-order valence-electron chi connectivity index (χ2n) is 6.02. The van der Waals surface area contributed by atoms with Gasteiger partial charge in [-0.05, 0) is 42.0 Å². The zero-order valence-corrected chi connectivity index (χ0v) is 14.0. The Morgan fingerprint density at radius 2 is 2.00 bits per heavy atom. The second kappa shape index (κ2) is 7.95. The van der Waals surface area contributed by atoms with Crippen molar-refractivity contribution in [1.82, 2.24) is 5.32 Å². The van der Waals surface area contributed by atoms with Crippen LogP contribution in [-0.4, -0.2) is 31.1 Å². The normalized spacial score (nSPS) is 16.6. The van der Waals surface area contributed by atoms with Gasteiger partial charge in [-0.2, -0.15) is 0 Å². The first-order valence-corrected chi connectivity index (χ1v) is 8.18. The van der Waals surface area contributed by atoms with Crippen molar-refractivity contribution in [2.24, 2.45) is 0 Å². The maximum atomic E-state index is 13.1. The topological polar surface area (TPSA) is 58.6 Å². The van der Waals surface area contributed by atoms with Crippen LogP contribution < -0.4 is 15.0 Å².